The zero-order valence-electron chi connectivity index (χ0n) is 18.6. The van der Waals surface area contributed by atoms with Crippen LogP contribution in [0.5, 0.6) is 5.75 Å². The Morgan fingerprint density at radius 2 is 1.81 bits per heavy atom. The van der Waals surface area contributed by atoms with Gasteiger partial charge < -0.3 is 25.4 Å². The van der Waals surface area contributed by atoms with E-state index in [9.17, 15) is 24.6 Å². The molecule has 0 unspecified atom stereocenters. The number of hydrogen-bond donors (Lipinski definition) is 4. The highest BCUT2D eigenvalue weighted by molar-refractivity contribution is 14.1. The van der Waals surface area contributed by atoms with Crippen LogP contribution in [-0.4, -0.2) is 39.1 Å². The first-order valence-electron chi connectivity index (χ1n) is 10.4. The summed E-state index contributed by atoms with van der Waals surface area (Å²) in [5.74, 6) is -2.25. The SMILES string of the molecule is Cn1c(-c2cccc(NC(=O)CNC(=O)c3cc(Br)cc(I)c3)c2)c(I)c2cc(C(=O)O)c(O)cc21. The van der Waals surface area contributed by atoms with E-state index in [1.807, 2.05) is 23.7 Å². The fourth-order valence-corrected chi connectivity index (χ4v) is 6.51. The molecule has 0 radical (unpaired) electrons. The smallest absolute Gasteiger partial charge is 0.339 e. The quantitative estimate of drug-likeness (QED) is 0.191. The maximum Gasteiger partial charge on any atom is 0.339 e. The van der Waals surface area contributed by atoms with E-state index in [4.69, 9.17) is 0 Å². The van der Waals surface area contributed by atoms with Gasteiger partial charge in [-0.25, -0.2) is 4.79 Å². The molecule has 2 amide bonds. The third kappa shape index (κ3) is 5.52. The van der Waals surface area contributed by atoms with Crippen molar-refractivity contribution in [2.75, 3.05) is 11.9 Å². The average Bonchev–Trinajstić information content (AvgIpc) is 3.05. The van der Waals surface area contributed by atoms with Crippen molar-refractivity contribution in [2.45, 2.75) is 0 Å². The van der Waals surface area contributed by atoms with Gasteiger partial charge in [0.15, 0.2) is 0 Å². The second kappa shape index (κ2) is 10.8. The number of nitrogens with zero attached hydrogens (tertiary/aromatic N) is 1. The van der Waals surface area contributed by atoms with Crippen LogP contribution in [0.25, 0.3) is 22.2 Å². The van der Waals surface area contributed by atoms with Crippen LogP contribution in [-0.2, 0) is 11.8 Å². The molecule has 0 bridgehead atoms. The van der Waals surface area contributed by atoms with Gasteiger partial charge in [-0.05, 0) is 81.6 Å². The predicted octanol–water partition coefficient (Wildman–Crippen LogP) is 5.59. The number of hydrogen-bond acceptors (Lipinski definition) is 4. The van der Waals surface area contributed by atoms with E-state index in [1.54, 1.807) is 30.3 Å². The second-order valence-corrected chi connectivity index (χ2v) is 11.1. The summed E-state index contributed by atoms with van der Waals surface area (Å²) in [6, 6.07) is 15.4. The van der Waals surface area contributed by atoms with Gasteiger partial charge in [-0.2, -0.15) is 0 Å². The number of fused-ring (bicyclic) bond motifs is 1. The maximum atomic E-state index is 12.5. The van der Waals surface area contributed by atoms with Gasteiger partial charge in [-0.3, -0.25) is 9.59 Å². The van der Waals surface area contributed by atoms with Crippen LogP contribution in [0, 0.1) is 7.14 Å². The van der Waals surface area contributed by atoms with E-state index in [1.165, 1.54) is 12.1 Å². The van der Waals surface area contributed by atoms with Crippen molar-refractivity contribution in [3.63, 3.8) is 0 Å². The van der Waals surface area contributed by atoms with Gasteiger partial charge in [0.05, 0.1) is 17.8 Å². The Kier molecular flexibility index (Phi) is 7.90. The van der Waals surface area contributed by atoms with E-state index >= 15 is 0 Å². The summed E-state index contributed by atoms with van der Waals surface area (Å²) < 4.78 is 4.35. The molecule has 0 saturated carbocycles. The lowest BCUT2D eigenvalue weighted by molar-refractivity contribution is -0.115. The highest BCUT2D eigenvalue weighted by Gasteiger charge is 2.20. The standard InChI is InChI=1S/C25H18BrI2N3O5/c1-31-19-10-20(32)18(25(35)36)9-17(19)22(28)23(31)12-3-2-4-16(7-12)30-21(33)11-29-24(34)13-5-14(26)8-15(27)6-13/h2-10,32H,11H2,1H3,(H,29,34)(H,30,33)(H,35,36). The molecular formula is C25H18BrI2N3O5. The third-order valence-corrected chi connectivity index (χ3v) is 7.61. The number of aryl methyl sites for hydroxylation is 1. The van der Waals surface area contributed by atoms with Crippen molar-refractivity contribution < 1.29 is 24.6 Å². The number of rotatable bonds is 6. The van der Waals surface area contributed by atoms with Crippen molar-refractivity contribution >= 4 is 95.5 Å². The number of aromatic hydroxyl groups is 1. The summed E-state index contributed by atoms with van der Waals surface area (Å²) in [5.41, 5.74) is 3.10. The highest BCUT2D eigenvalue weighted by Crippen LogP contribution is 2.37. The van der Waals surface area contributed by atoms with Crippen molar-refractivity contribution in [1.29, 1.82) is 0 Å². The van der Waals surface area contributed by atoms with Crippen molar-refractivity contribution in [2.24, 2.45) is 7.05 Å². The van der Waals surface area contributed by atoms with E-state index in [2.05, 4.69) is 71.7 Å². The predicted molar refractivity (Wildman–Crippen MR) is 158 cm³/mol. The first-order valence-corrected chi connectivity index (χ1v) is 13.4. The molecule has 0 fully saturated rings. The van der Waals surface area contributed by atoms with Gasteiger partial charge in [-0.1, -0.05) is 28.1 Å². The molecule has 184 valence electrons. The van der Waals surface area contributed by atoms with E-state index in [0.29, 0.717) is 22.2 Å². The number of carboxylic acid groups (broad SMARTS) is 1. The number of phenols is 1. The lowest BCUT2D eigenvalue weighted by Crippen LogP contribution is -2.32. The highest BCUT2D eigenvalue weighted by atomic mass is 127. The molecule has 0 aliphatic rings. The molecule has 36 heavy (non-hydrogen) atoms. The van der Waals surface area contributed by atoms with Gasteiger partial charge in [-0.15, -0.1) is 0 Å². The minimum absolute atomic E-state index is 0.168. The van der Waals surface area contributed by atoms with Gasteiger partial charge >= 0.3 is 5.97 Å². The Balaban J connectivity index is 1.54. The molecule has 0 aliphatic carbocycles. The average molecular weight is 774 g/mol. The van der Waals surface area contributed by atoms with Crippen LogP contribution in [0.4, 0.5) is 5.69 Å². The Hall–Kier alpha value is -2.65. The van der Waals surface area contributed by atoms with Gasteiger partial charge in [0.25, 0.3) is 5.91 Å². The number of amides is 2. The molecule has 4 aromatic rings. The number of benzene rings is 3. The molecule has 0 aliphatic heterocycles. The third-order valence-electron chi connectivity index (χ3n) is 5.44. The number of carbonyl (C=O) groups excluding carboxylic acids is 2. The first kappa shape index (κ1) is 26.4. The van der Waals surface area contributed by atoms with Crippen molar-refractivity contribution in [3.05, 3.63) is 77.3 Å². The topological polar surface area (TPSA) is 121 Å². The molecule has 0 saturated heterocycles. The van der Waals surface area contributed by atoms with Crippen LogP contribution in [0.1, 0.15) is 20.7 Å². The minimum Gasteiger partial charge on any atom is -0.507 e. The monoisotopic (exact) mass is 773 g/mol. The number of aromatic nitrogens is 1. The Bertz CT molecular complexity index is 1530. The number of nitrogens with one attached hydrogen (secondary N) is 2. The molecule has 8 nitrogen and oxygen atoms in total. The molecular weight excluding hydrogens is 756 g/mol. The molecule has 4 N–H and O–H groups in total. The van der Waals surface area contributed by atoms with Crippen LogP contribution < -0.4 is 10.6 Å². The Morgan fingerprint density at radius 3 is 2.50 bits per heavy atom. The van der Waals surface area contributed by atoms with Crippen LogP contribution >= 0.6 is 61.1 Å². The lowest BCUT2D eigenvalue weighted by Gasteiger charge is -2.10. The Morgan fingerprint density at radius 1 is 1.06 bits per heavy atom. The van der Waals surface area contributed by atoms with Crippen LogP contribution in [0.15, 0.2) is 59.1 Å². The number of carboxylic acids is 1. The summed E-state index contributed by atoms with van der Waals surface area (Å²) in [6.45, 7) is -0.199. The molecule has 0 spiro atoms. The number of aromatic carboxylic acids is 1. The molecule has 3 aromatic carbocycles. The van der Waals surface area contributed by atoms with E-state index < -0.39 is 5.97 Å². The first-order chi connectivity index (χ1) is 17.0. The minimum atomic E-state index is -1.21. The van der Waals surface area contributed by atoms with E-state index in [0.717, 1.165) is 22.9 Å². The zero-order valence-corrected chi connectivity index (χ0v) is 24.5. The second-order valence-electron chi connectivity index (χ2n) is 7.88. The number of halogens is 3. The fourth-order valence-electron chi connectivity index (χ4n) is 3.81. The van der Waals surface area contributed by atoms with Crippen LogP contribution in [0.3, 0.4) is 0 Å². The summed E-state index contributed by atoms with van der Waals surface area (Å²) in [6.07, 6.45) is 0. The largest absolute Gasteiger partial charge is 0.507 e. The fraction of sp³-hybridized carbons (Fsp3) is 0.0800. The van der Waals surface area contributed by atoms with Crippen molar-refractivity contribution in [1.82, 2.24) is 9.88 Å². The van der Waals surface area contributed by atoms with Crippen LogP contribution in [0.2, 0.25) is 0 Å². The zero-order chi connectivity index (χ0) is 26.1. The Labute approximate surface area is 241 Å². The summed E-state index contributed by atoms with van der Waals surface area (Å²) in [5, 5.41) is 25.6. The van der Waals surface area contributed by atoms with Gasteiger partial charge in [0.1, 0.15) is 11.3 Å². The normalized spacial score (nSPS) is 10.9. The lowest BCUT2D eigenvalue weighted by atomic mass is 10.1. The molecule has 1 aromatic heterocycles. The molecule has 1 heterocycles. The van der Waals surface area contributed by atoms with Gasteiger partial charge in [0.2, 0.25) is 5.91 Å². The summed E-state index contributed by atoms with van der Waals surface area (Å²) >= 11 is 7.62. The number of carbonyl (C=O) groups is 3. The molecule has 11 heteroatoms. The summed E-state index contributed by atoms with van der Waals surface area (Å²) in [7, 11) is 1.82. The van der Waals surface area contributed by atoms with Crippen molar-refractivity contribution in [3.8, 4) is 17.0 Å². The molecule has 4 rings (SSSR count). The van der Waals surface area contributed by atoms with Gasteiger partial charge in [0, 0.05) is 46.9 Å². The summed E-state index contributed by atoms with van der Waals surface area (Å²) in [4.78, 5) is 36.4. The molecule has 0 atom stereocenters. The maximum absolute atomic E-state index is 12.5. The number of anilines is 1. The van der Waals surface area contributed by atoms with E-state index in [-0.39, 0.29) is 29.7 Å².